The first-order valence-corrected chi connectivity index (χ1v) is 7.66. The lowest BCUT2D eigenvalue weighted by molar-refractivity contribution is -0.118. The van der Waals surface area contributed by atoms with E-state index in [-0.39, 0.29) is 17.4 Å². The Morgan fingerprint density at radius 2 is 2.14 bits per heavy atom. The number of carbonyl (C=O) groups is 1. The van der Waals surface area contributed by atoms with E-state index in [9.17, 15) is 4.79 Å². The van der Waals surface area contributed by atoms with Crippen molar-refractivity contribution in [3.05, 3.63) is 41.6 Å². The summed E-state index contributed by atoms with van der Waals surface area (Å²) in [4.78, 5) is 18.6. The van der Waals surface area contributed by atoms with Crippen LogP contribution < -0.4 is 10.6 Å². The summed E-state index contributed by atoms with van der Waals surface area (Å²) >= 11 is 0. The van der Waals surface area contributed by atoms with Gasteiger partial charge in [-0.05, 0) is 37.1 Å². The Labute approximate surface area is 132 Å². The molecular weight excluding hydrogens is 274 g/mol. The highest BCUT2D eigenvalue weighted by Crippen LogP contribution is 2.24. The van der Waals surface area contributed by atoms with Gasteiger partial charge < -0.3 is 10.6 Å². The van der Waals surface area contributed by atoms with Crippen LogP contribution >= 0.6 is 0 Å². The topological polar surface area (TPSA) is 58.7 Å². The highest BCUT2D eigenvalue weighted by molar-refractivity contribution is 6.00. The van der Waals surface area contributed by atoms with Crippen molar-refractivity contribution in [1.82, 2.24) is 0 Å². The lowest BCUT2D eigenvalue weighted by Gasteiger charge is -2.18. The fourth-order valence-corrected chi connectivity index (χ4v) is 2.33. The minimum Gasteiger partial charge on any atom is -0.402 e. The van der Waals surface area contributed by atoms with Crippen molar-refractivity contribution in [2.75, 3.05) is 11.4 Å². The molecule has 4 heteroatoms. The molecule has 118 valence electrons. The molecule has 2 rings (SSSR count). The van der Waals surface area contributed by atoms with Gasteiger partial charge in [0.15, 0.2) is 0 Å². The van der Waals surface area contributed by atoms with Crippen molar-refractivity contribution in [3.8, 4) is 0 Å². The molecule has 1 aliphatic rings. The van der Waals surface area contributed by atoms with Crippen LogP contribution in [0.4, 0.5) is 5.69 Å². The molecule has 1 saturated heterocycles. The predicted octanol–water partition coefficient (Wildman–Crippen LogP) is 3.06. The molecular formula is C18H25N3O. The maximum atomic E-state index is 12.5. The average Bonchev–Trinajstić information content (AvgIpc) is 2.79. The van der Waals surface area contributed by atoms with Gasteiger partial charge in [0.25, 0.3) is 5.91 Å². The zero-order valence-electron chi connectivity index (χ0n) is 13.8. The van der Waals surface area contributed by atoms with E-state index in [1.807, 2.05) is 56.9 Å². The van der Waals surface area contributed by atoms with E-state index in [4.69, 9.17) is 5.73 Å². The first-order chi connectivity index (χ1) is 10.3. The molecule has 1 unspecified atom stereocenters. The van der Waals surface area contributed by atoms with E-state index in [1.54, 1.807) is 12.3 Å². The fraction of sp³-hybridized carbons (Fsp3) is 0.444. The van der Waals surface area contributed by atoms with E-state index >= 15 is 0 Å². The van der Waals surface area contributed by atoms with Crippen molar-refractivity contribution in [1.29, 1.82) is 0 Å². The van der Waals surface area contributed by atoms with Crippen LogP contribution in [-0.4, -0.2) is 24.7 Å². The third-order valence-corrected chi connectivity index (χ3v) is 3.88. The number of hydrogen-bond acceptors (Lipinski definition) is 3. The van der Waals surface area contributed by atoms with Crippen LogP contribution in [0.1, 0.15) is 32.8 Å². The third kappa shape index (κ3) is 3.75. The molecule has 1 aromatic carbocycles. The molecule has 1 atom stereocenters. The highest BCUT2D eigenvalue weighted by Gasteiger charge is 2.31. The number of allylic oxidation sites excluding steroid dienone is 2. The summed E-state index contributed by atoms with van der Waals surface area (Å²) in [7, 11) is 0. The number of hydrogen-bond donors (Lipinski definition) is 1. The molecule has 1 aromatic rings. The third-order valence-electron chi connectivity index (χ3n) is 3.88. The number of nitrogens with two attached hydrogens (primary N) is 1. The normalized spacial score (nSPS) is 20.2. The summed E-state index contributed by atoms with van der Waals surface area (Å²) in [5.74, 6) is 0.0598. The molecule has 0 bridgehead atoms. The van der Waals surface area contributed by atoms with Crippen molar-refractivity contribution < 1.29 is 4.79 Å². The molecule has 0 radical (unpaired) electrons. The monoisotopic (exact) mass is 299 g/mol. The highest BCUT2D eigenvalue weighted by atomic mass is 16.2. The molecule has 0 aliphatic carbocycles. The smallest absolute Gasteiger partial charge is 0.251 e. The van der Waals surface area contributed by atoms with Crippen LogP contribution in [0.15, 0.2) is 41.0 Å². The first-order valence-electron chi connectivity index (χ1n) is 7.66. The van der Waals surface area contributed by atoms with Gasteiger partial charge in [0.2, 0.25) is 0 Å². The predicted molar refractivity (Wildman–Crippen MR) is 92.2 cm³/mol. The minimum absolute atomic E-state index is 0.0598. The van der Waals surface area contributed by atoms with Crippen LogP contribution in [0.2, 0.25) is 0 Å². The summed E-state index contributed by atoms with van der Waals surface area (Å²) in [5, 5.41) is 0. The molecule has 2 N–H and O–H groups in total. The summed E-state index contributed by atoms with van der Waals surface area (Å²) in [6, 6.07) is 7.70. The Balaban J connectivity index is 2.06. The number of amides is 1. The van der Waals surface area contributed by atoms with Gasteiger partial charge in [0, 0.05) is 29.6 Å². The van der Waals surface area contributed by atoms with Gasteiger partial charge >= 0.3 is 0 Å². The van der Waals surface area contributed by atoms with Crippen LogP contribution in [0.5, 0.6) is 0 Å². The number of anilines is 1. The molecule has 0 spiro atoms. The van der Waals surface area contributed by atoms with E-state index < -0.39 is 0 Å². The molecule has 0 saturated carbocycles. The van der Waals surface area contributed by atoms with Crippen LogP contribution in [-0.2, 0) is 4.79 Å². The Morgan fingerprint density at radius 3 is 2.77 bits per heavy atom. The molecule has 1 amide bonds. The van der Waals surface area contributed by atoms with E-state index in [2.05, 4.69) is 4.99 Å². The van der Waals surface area contributed by atoms with Crippen LogP contribution in [0.25, 0.3) is 0 Å². The number of nitrogens with zero attached hydrogens (tertiary/aromatic N) is 2. The lowest BCUT2D eigenvalue weighted by Crippen LogP contribution is -2.28. The number of carbonyl (C=O) groups excluding carboxylic acids is 1. The van der Waals surface area contributed by atoms with E-state index in [0.717, 1.165) is 23.4 Å². The van der Waals surface area contributed by atoms with Crippen LogP contribution in [0, 0.1) is 12.3 Å². The molecule has 1 fully saturated rings. The van der Waals surface area contributed by atoms with Gasteiger partial charge in [-0.2, -0.15) is 0 Å². The van der Waals surface area contributed by atoms with Crippen LogP contribution in [0.3, 0.4) is 0 Å². The quantitative estimate of drug-likeness (QED) is 0.872. The summed E-state index contributed by atoms with van der Waals surface area (Å²) in [6.45, 7) is 8.88. The van der Waals surface area contributed by atoms with Gasteiger partial charge in [-0.15, -0.1) is 0 Å². The maximum Gasteiger partial charge on any atom is 0.251 e. The molecule has 1 heterocycles. The second-order valence-electron chi connectivity index (χ2n) is 6.80. The summed E-state index contributed by atoms with van der Waals surface area (Å²) in [5.41, 5.74) is 8.76. The molecule has 4 nitrogen and oxygen atoms in total. The number of aryl methyl sites for hydroxylation is 1. The fourth-order valence-electron chi connectivity index (χ4n) is 2.33. The van der Waals surface area contributed by atoms with E-state index in [1.165, 1.54) is 0 Å². The standard InChI is InChI=1S/C18H25N3O/c1-13-6-5-7-14(12-13)21-11-9-15(17(21)22)20-10-8-16(19)18(2,3)4/h5-8,10,12,15H,9,11,19H2,1-4H3. The Morgan fingerprint density at radius 1 is 1.41 bits per heavy atom. The van der Waals surface area contributed by atoms with Gasteiger partial charge in [-0.3, -0.25) is 9.79 Å². The Bertz CT molecular complexity index is 611. The van der Waals surface area contributed by atoms with Crippen molar-refractivity contribution >= 4 is 17.8 Å². The van der Waals surface area contributed by atoms with Crippen molar-refractivity contribution in [2.45, 2.75) is 40.2 Å². The van der Waals surface area contributed by atoms with E-state index in [0.29, 0.717) is 6.54 Å². The number of aliphatic imine (C=N–C) groups is 1. The molecule has 22 heavy (non-hydrogen) atoms. The second-order valence-corrected chi connectivity index (χ2v) is 6.80. The molecule has 0 aromatic heterocycles. The summed E-state index contributed by atoms with van der Waals surface area (Å²) in [6.07, 6.45) is 4.21. The van der Waals surface area contributed by atoms with Crippen molar-refractivity contribution in [3.63, 3.8) is 0 Å². The number of rotatable bonds is 3. The first kappa shape index (κ1) is 16.3. The van der Waals surface area contributed by atoms with Gasteiger partial charge in [0.1, 0.15) is 6.04 Å². The maximum absolute atomic E-state index is 12.5. The Kier molecular flexibility index (Phi) is 4.69. The average molecular weight is 299 g/mol. The van der Waals surface area contributed by atoms with Gasteiger partial charge in [0.05, 0.1) is 0 Å². The second kappa shape index (κ2) is 6.34. The lowest BCUT2D eigenvalue weighted by atomic mass is 9.92. The molecule has 1 aliphatic heterocycles. The Hall–Kier alpha value is -2.10. The SMILES string of the molecule is Cc1cccc(N2CCC(N=CC=C(N)C(C)(C)C)C2=O)c1. The van der Waals surface area contributed by atoms with Gasteiger partial charge in [-0.1, -0.05) is 32.9 Å². The van der Waals surface area contributed by atoms with Gasteiger partial charge in [-0.25, -0.2) is 0 Å². The summed E-state index contributed by atoms with van der Waals surface area (Å²) < 4.78 is 0. The minimum atomic E-state index is -0.301. The van der Waals surface area contributed by atoms with Crippen molar-refractivity contribution in [2.24, 2.45) is 16.1 Å². The number of benzene rings is 1. The zero-order chi connectivity index (χ0) is 16.3. The largest absolute Gasteiger partial charge is 0.402 e. The zero-order valence-corrected chi connectivity index (χ0v) is 13.8.